The van der Waals surface area contributed by atoms with Gasteiger partial charge >= 0.3 is 0 Å². The van der Waals surface area contributed by atoms with Crippen LogP contribution in [-0.4, -0.2) is 40.9 Å². The van der Waals surface area contributed by atoms with Crippen LogP contribution in [0.4, 0.5) is 5.82 Å². The monoisotopic (exact) mass is 251 g/mol. The van der Waals surface area contributed by atoms with E-state index < -0.39 is 0 Å². The Hall–Kier alpha value is -1.69. The van der Waals surface area contributed by atoms with Crippen molar-refractivity contribution in [1.29, 1.82) is 0 Å². The third kappa shape index (κ3) is 5.09. The molecule has 3 N–H and O–H groups in total. The van der Waals surface area contributed by atoms with Crippen LogP contribution in [0.3, 0.4) is 0 Å². The maximum Gasteiger partial charge on any atom is 0.231 e. The van der Waals surface area contributed by atoms with Gasteiger partial charge in [-0.05, 0) is 20.4 Å². The fourth-order valence-electron chi connectivity index (χ4n) is 1.61. The van der Waals surface area contributed by atoms with Gasteiger partial charge < -0.3 is 11.1 Å². The average molecular weight is 251 g/mol. The molecule has 1 heterocycles. The number of carbonyl (C=O) groups excluding carboxylic acids is 1. The van der Waals surface area contributed by atoms with Crippen molar-refractivity contribution in [3.63, 3.8) is 0 Å². The van der Waals surface area contributed by atoms with Gasteiger partial charge in [-0.25, -0.2) is 9.97 Å². The molecule has 0 unspecified atom stereocenters. The molecule has 1 aromatic rings. The Morgan fingerprint density at radius 2 is 2.22 bits per heavy atom. The number of aromatic nitrogens is 2. The predicted molar refractivity (Wildman–Crippen MR) is 71.1 cm³/mol. The Kier molecular flexibility index (Phi) is 5.51. The summed E-state index contributed by atoms with van der Waals surface area (Å²) in [6, 6.07) is 1.91. The summed E-state index contributed by atoms with van der Waals surface area (Å²) in [5, 5.41) is 3.23. The van der Waals surface area contributed by atoms with E-state index in [1.807, 2.05) is 20.0 Å². The van der Waals surface area contributed by atoms with Crippen molar-refractivity contribution in [3.8, 4) is 0 Å². The van der Waals surface area contributed by atoms with Gasteiger partial charge in [0.25, 0.3) is 0 Å². The number of hydrogen-bond acceptors (Lipinski definition) is 5. The van der Waals surface area contributed by atoms with Crippen molar-refractivity contribution < 1.29 is 4.79 Å². The molecular formula is C12H21N5O. The number of hydrogen-bond donors (Lipinski definition) is 2. The van der Waals surface area contributed by atoms with Gasteiger partial charge in [0.1, 0.15) is 11.6 Å². The van der Waals surface area contributed by atoms with Gasteiger partial charge in [-0.2, -0.15) is 0 Å². The first-order valence-electron chi connectivity index (χ1n) is 6.06. The second kappa shape index (κ2) is 6.90. The van der Waals surface area contributed by atoms with E-state index in [0.717, 1.165) is 24.5 Å². The molecule has 0 aromatic carbocycles. The fraction of sp³-hybridized carbons (Fsp3) is 0.583. The molecule has 0 fully saturated rings. The second-order valence-corrected chi connectivity index (χ2v) is 4.38. The topological polar surface area (TPSA) is 84.1 Å². The van der Waals surface area contributed by atoms with E-state index in [9.17, 15) is 4.79 Å². The van der Waals surface area contributed by atoms with Crippen LogP contribution < -0.4 is 11.1 Å². The van der Waals surface area contributed by atoms with Gasteiger partial charge in [0.2, 0.25) is 5.91 Å². The van der Waals surface area contributed by atoms with Crippen LogP contribution in [0.2, 0.25) is 0 Å². The van der Waals surface area contributed by atoms with Crippen molar-refractivity contribution >= 4 is 11.7 Å². The van der Waals surface area contributed by atoms with Crippen LogP contribution in [0.5, 0.6) is 0 Å². The highest BCUT2D eigenvalue weighted by Crippen LogP contribution is 2.07. The van der Waals surface area contributed by atoms with E-state index in [1.54, 1.807) is 4.90 Å². The minimum absolute atomic E-state index is 0.203. The molecule has 0 radical (unpaired) electrons. The number of nitrogens with zero attached hydrogens (tertiary/aromatic N) is 3. The summed E-state index contributed by atoms with van der Waals surface area (Å²) in [4.78, 5) is 21.3. The molecule has 0 spiro atoms. The lowest BCUT2D eigenvalue weighted by Gasteiger charge is -2.14. The Bertz CT molecular complexity index is 407. The average Bonchev–Trinajstić information content (AvgIpc) is 2.24. The predicted octanol–water partition coefficient (Wildman–Crippen LogP) is 0.524. The van der Waals surface area contributed by atoms with Gasteiger partial charge in [0.05, 0.1) is 13.1 Å². The number of aryl methyl sites for hydroxylation is 1. The summed E-state index contributed by atoms with van der Waals surface area (Å²) in [5.41, 5.74) is 6.05. The fourth-order valence-corrected chi connectivity index (χ4v) is 1.61. The van der Waals surface area contributed by atoms with Gasteiger partial charge in [-0.3, -0.25) is 9.69 Å². The molecule has 0 aliphatic rings. The van der Waals surface area contributed by atoms with Crippen molar-refractivity contribution in [2.75, 3.05) is 25.5 Å². The Morgan fingerprint density at radius 3 is 2.83 bits per heavy atom. The summed E-state index contributed by atoms with van der Waals surface area (Å²) in [6.45, 7) is 5.62. The van der Waals surface area contributed by atoms with Crippen LogP contribution in [0.15, 0.2) is 6.07 Å². The lowest BCUT2D eigenvalue weighted by molar-refractivity contribution is -0.118. The highest BCUT2D eigenvalue weighted by molar-refractivity contribution is 5.75. The van der Waals surface area contributed by atoms with Crippen LogP contribution in [0, 0.1) is 6.92 Å². The zero-order valence-electron chi connectivity index (χ0n) is 11.2. The van der Waals surface area contributed by atoms with E-state index in [0.29, 0.717) is 12.4 Å². The Morgan fingerprint density at radius 1 is 1.50 bits per heavy atom. The number of likely N-dealkylation sites (N-methyl/N-ethyl adjacent to an activating group) is 1. The van der Waals surface area contributed by atoms with E-state index in [4.69, 9.17) is 5.73 Å². The first-order chi connectivity index (χ1) is 8.51. The molecule has 0 saturated carbocycles. The van der Waals surface area contributed by atoms with Gasteiger partial charge in [-0.1, -0.05) is 6.92 Å². The maximum atomic E-state index is 10.8. The molecule has 1 amide bonds. The van der Waals surface area contributed by atoms with Crippen LogP contribution in [-0.2, 0) is 11.3 Å². The van der Waals surface area contributed by atoms with Crippen LogP contribution in [0.25, 0.3) is 0 Å². The Labute approximate surface area is 108 Å². The largest absolute Gasteiger partial charge is 0.370 e. The van der Waals surface area contributed by atoms with E-state index in [2.05, 4.69) is 22.2 Å². The van der Waals surface area contributed by atoms with Crippen LogP contribution >= 0.6 is 0 Å². The van der Waals surface area contributed by atoms with Crippen LogP contribution in [0.1, 0.15) is 24.9 Å². The highest BCUT2D eigenvalue weighted by Gasteiger charge is 2.07. The number of nitrogens with one attached hydrogen (secondary N) is 1. The molecule has 0 saturated heterocycles. The standard InChI is InChI=1S/C12H21N5O/c1-4-5-14-11-6-9(2)15-12(16-11)8-17(3)7-10(13)18/h6H,4-5,7-8H2,1-3H3,(H2,13,18)(H,14,15,16). The van der Waals surface area contributed by atoms with E-state index >= 15 is 0 Å². The third-order valence-electron chi connectivity index (χ3n) is 2.29. The third-order valence-corrected chi connectivity index (χ3v) is 2.29. The summed E-state index contributed by atoms with van der Waals surface area (Å²) in [7, 11) is 1.82. The number of nitrogens with two attached hydrogens (primary N) is 1. The van der Waals surface area contributed by atoms with Crippen molar-refractivity contribution in [3.05, 3.63) is 17.6 Å². The number of primary amides is 1. The second-order valence-electron chi connectivity index (χ2n) is 4.38. The van der Waals surface area contributed by atoms with E-state index in [-0.39, 0.29) is 12.5 Å². The van der Waals surface area contributed by atoms with Crippen molar-refractivity contribution in [2.24, 2.45) is 5.73 Å². The minimum atomic E-state index is -0.352. The molecule has 6 heteroatoms. The number of rotatable bonds is 7. The smallest absolute Gasteiger partial charge is 0.231 e. The van der Waals surface area contributed by atoms with Gasteiger partial charge in [0, 0.05) is 18.3 Å². The SMILES string of the molecule is CCCNc1cc(C)nc(CN(C)CC(N)=O)n1. The minimum Gasteiger partial charge on any atom is -0.370 e. The molecule has 1 rings (SSSR count). The first kappa shape index (κ1) is 14.4. The van der Waals surface area contributed by atoms with Crippen molar-refractivity contribution in [1.82, 2.24) is 14.9 Å². The van der Waals surface area contributed by atoms with E-state index in [1.165, 1.54) is 0 Å². The van der Waals surface area contributed by atoms with Gasteiger partial charge in [0.15, 0.2) is 0 Å². The molecule has 0 aliphatic carbocycles. The van der Waals surface area contributed by atoms with Gasteiger partial charge in [-0.15, -0.1) is 0 Å². The molecule has 100 valence electrons. The zero-order valence-corrected chi connectivity index (χ0v) is 11.2. The lowest BCUT2D eigenvalue weighted by atomic mass is 10.3. The number of amides is 1. The summed E-state index contributed by atoms with van der Waals surface area (Å²) < 4.78 is 0. The zero-order chi connectivity index (χ0) is 13.5. The molecular weight excluding hydrogens is 230 g/mol. The molecule has 0 bridgehead atoms. The Balaban J connectivity index is 2.69. The quantitative estimate of drug-likeness (QED) is 0.738. The number of carbonyl (C=O) groups is 1. The number of anilines is 1. The molecule has 0 atom stereocenters. The normalized spacial score (nSPS) is 10.7. The molecule has 1 aromatic heterocycles. The maximum absolute atomic E-state index is 10.8. The summed E-state index contributed by atoms with van der Waals surface area (Å²) >= 11 is 0. The molecule has 6 nitrogen and oxygen atoms in total. The lowest BCUT2D eigenvalue weighted by Crippen LogP contribution is -2.30. The first-order valence-corrected chi connectivity index (χ1v) is 6.06. The summed E-state index contributed by atoms with van der Waals surface area (Å²) in [6.07, 6.45) is 1.04. The summed E-state index contributed by atoms with van der Waals surface area (Å²) in [5.74, 6) is 1.17. The molecule has 18 heavy (non-hydrogen) atoms. The highest BCUT2D eigenvalue weighted by atomic mass is 16.1. The van der Waals surface area contributed by atoms with Crippen molar-refractivity contribution in [2.45, 2.75) is 26.8 Å². The molecule has 0 aliphatic heterocycles.